The summed E-state index contributed by atoms with van der Waals surface area (Å²) in [5, 5.41) is 8.02. The highest BCUT2D eigenvalue weighted by molar-refractivity contribution is 7.20. The molecule has 0 spiro atoms. The molecule has 158 valence electrons. The maximum atomic E-state index is 12.9. The molecule has 9 heteroatoms. The van der Waals surface area contributed by atoms with Crippen LogP contribution in [0, 0.1) is 5.92 Å². The van der Waals surface area contributed by atoms with Gasteiger partial charge in [-0.05, 0) is 31.7 Å². The first-order chi connectivity index (χ1) is 14.6. The molecule has 1 fully saturated rings. The first-order valence-electron chi connectivity index (χ1n) is 10.2. The number of carbonyl (C=O) groups excluding carboxylic acids is 1. The number of fused-ring (bicyclic) bond motifs is 1. The van der Waals surface area contributed by atoms with Crippen LogP contribution in [0.1, 0.15) is 42.6 Å². The topological polar surface area (TPSA) is 88.8 Å². The highest BCUT2D eigenvalue weighted by Crippen LogP contribution is 2.26. The Labute approximate surface area is 178 Å². The Hall–Kier alpha value is -2.94. The van der Waals surface area contributed by atoms with Gasteiger partial charge in [0.2, 0.25) is 10.1 Å². The number of rotatable bonds is 6. The summed E-state index contributed by atoms with van der Waals surface area (Å²) in [6.07, 6.45) is 3.65. The minimum Gasteiger partial charge on any atom is -0.494 e. The lowest BCUT2D eigenvalue weighted by molar-refractivity contribution is 0.0948. The SMILES string of the molecule is CCOc1ccccc1CNC(=O)c1cnc2sc(N3CCCC(C)C3)nn2c1=O. The van der Waals surface area contributed by atoms with E-state index in [-0.39, 0.29) is 12.1 Å². The summed E-state index contributed by atoms with van der Waals surface area (Å²) in [4.78, 5) is 32.5. The normalized spacial score (nSPS) is 16.6. The van der Waals surface area contributed by atoms with E-state index in [9.17, 15) is 9.59 Å². The number of piperidine rings is 1. The van der Waals surface area contributed by atoms with Crippen molar-refractivity contribution in [3.8, 4) is 5.75 Å². The third-order valence-corrected chi connectivity index (χ3v) is 6.14. The second-order valence-corrected chi connectivity index (χ2v) is 8.41. The molecule has 0 bridgehead atoms. The van der Waals surface area contributed by atoms with Gasteiger partial charge in [0.05, 0.1) is 6.61 Å². The van der Waals surface area contributed by atoms with Gasteiger partial charge in [-0.15, -0.1) is 5.10 Å². The second kappa shape index (κ2) is 8.83. The molecule has 1 unspecified atom stereocenters. The van der Waals surface area contributed by atoms with Gasteiger partial charge in [-0.1, -0.05) is 36.5 Å². The summed E-state index contributed by atoms with van der Waals surface area (Å²) in [5.41, 5.74) is 0.366. The molecule has 1 N–H and O–H groups in total. The molecule has 0 aliphatic carbocycles. The molecule has 8 nitrogen and oxygen atoms in total. The number of anilines is 1. The molecular weight excluding hydrogens is 402 g/mol. The zero-order valence-corrected chi connectivity index (χ0v) is 17.9. The first kappa shape index (κ1) is 20.3. The quantitative estimate of drug-likeness (QED) is 0.651. The van der Waals surface area contributed by atoms with Crippen LogP contribution in [0.4, 0.5) is 5.13 Å². The van der Waals surface area contributed by atoms with Gasteiger partial charge in [0.15, 0.2) is 0 Å². The molecule has 1 aliphatic rings. The van der Waals surface area contributed by atoms with Gasteiger partial charge in [0.25, 0.3) is 11.5 Å². The van der Waals surface area contributed by atoms with Crippen LogP contribution in [0.3, 0.4) is 0 Å². The third-order valence-electron chi connectivity index (χ3n) is 5.16. The standard InChI is InChI=1S/C21H25N5O3S/c1-3-29-17-9-5-4-8-15(17)11-22-18(27)16-12-23-20-26(19(16)28)24-21(30-20)25-10-6-7-14(2)13-25/h4-5,8-9,12,14H,3,6-7,10-11,13H2,1-2H3,(H,22,27). The summed E-state index contributed by atoms with van der Waals surface area (Å²) in [6.45, 7) is 6.76. The fourth-order valence-electron chi connectivity index (χ4n) is 3.64. The lowest BCUT2D eigenvalue weighted by atomic mass is 10.0. The van der Waals surface area contributed by atoms with E-state index in [0.29, 0.717) is 23.2 Å². The Kier molecular flexibility index (Phi) is 5.98. The van der Waals surface area contributed by atoms with Crippen molar-refractivity contribution in [1.29, 1.82) is 0 Å². The van der Waals surface area contributed by atoms with Crippen LogP contribution in [0.2, 0.25) is 0 Å². The number of amides is 1. The van der Waals surface area contributed by atoms with E-state index in [1.165, 1.54) is 28.5 Å². The van der Waals surface area contributed by atoms with Crippen molar-refractivity contribution in [1.82, 2.24) is 19.9 Å². The van der Waals surface area contributed by atoms with E-state index in [1.54, 1.807) is 0 Å². The molecule has 0 saturated carbocycles. The molecular formula is C21H25N5O3S. The largest absolute Gasteiger partial charge is 0.494 e. The lowest BCUT2D eigenvalue weighted by Crippen LogP contribution is -2.34. The van der Waals surface area contributed by atoms with Gasteiger partial charge >= 0.3 is 0 Å². The Balaban J connectivity index is 1.53. The fraction of sp³-hybridized carbons (Fsp3) is 0.429. The van der Waals surface area contributed by atoms with Crippen molar-refractivity contribution in [3.05, 3.63) is 51.9 Å². The van der Waals surface area contributed by atoms with Gasteiger partial charge in [-0.2, -0.15) is 4.52 Å². The first-order valence-corrected chi connectivity index (χ1v) is 11.0. The Bertz CT molecular complexity index is 1110. The molecule has 1 atom stereocenters. The highest BCUT2D eigenvalue weighted by atomic mass is 32.1. The van der Waals surface area contributed by atoms with E-state index < -0.39 is 11.5 Å². The number of aromatic nitrogens is 3. The molecule has 1 saturated heterocycles. The fourth-order valence-corrected chi connectivity index (χ4v) is 4.54. The number of para-hydroxylation sites is 1. The van der Waals surface area contributed by atoms with Crippen LogP contribution >= 0.6 is 11.3 Å². The predicted octanol–water partition coefficient (Wildman–Crippen LogP) is 2.72. The number of carbonyl (C=O) groups is 1. The number of hydrogen-bond acceptors (Lipinski definition) is 7. The molecule has 3 heterocycles. The maximum absolute atomic E-state index is 12.9. The minimum atomic E-state index is -0.477. The molecule has 0 radical (unpaired) electrons. The van der Waals surface area contributed by atoms with Crippen LogP contribution in [-0.2, 0) is 6.54 Å². The van der Waals surface area contributed by atoms with Gasteiger partial charge < -0.3 is 15.0 Å². The van der Waals surface area contributed by atoms with Gasteiger partial charge in [-0.25, -0.2) is 4.98 Å². The van der Waals surface area contributed by atoms with Crippen LogP contribution in [0.5, 0.6) is 5.75 Å². The summed E-state index contributed by atoms with van der Waals surface area (Å²) in [7, 11) is 0. The third kappa shape index (κ3) is 4.16. The van der Waals surface area contributed by atoms with Gasteiger partial charge in [0, 0.05) is 31.4 Å². The van der Waals surface area contributed by atoms with Crippen molar-refractivity contribution in [2.75, 3.05) is 24.6 Å². The number of nitrogens with one attached hydrogen (secondary N) is 1. The van der Waals surface area contributed by atoms with Crippen molar-refractivity contribution < 1.29 is 9.53 Å². The summed E-state index contributed by atoms with van der Waals surface area (Å²) < 4.78 is 6.82. The lowest BCUT2D eigenvalue weighted by Gasteiger charge is -2.30. The van der Waals surface area contributed by atoms with E-state index in [2.05, 4.69) is 27.2 Å². The molecule has 1 aromatic carbocycles. The van der Waals surface area contributed by atoms with E-state index >= 15 is 0 Å². The van der Waals surface area contributed by atoms with E-state index in [1.807, 2.05) is 31.2 Å². The average molecular weight is 428 g/mol. The number of benzene rings is 1. The highest BCUT2D eigenvalue weighted by Gasteiger charge is 2.22. The molecule has 1 aliphatic heterocycles. The number of hydrogen-bond donors (Lipinski definition) is 1. The molecule has 2 aromatic heterocycles. The summed E-state index contributed by atoms with van der Waals surface area (Å²) in [5.74, 6) is 0.830. The van der Waals surface area contributed by atoms with Gasteiger partial charge in [0.1, 0.15) is 11.3 Å². The zero-order chi connectivity index (χ0) is 21.1. The molecule has 4 rings (SSSR count). The smallest absolute Gasteiger partial charge is 0.288 e. The predicted molar refractivity (Wildman–Crippen MR) is 117 cm³/mol. The summed E-state index contributed by atoms with van der Waals surface area (Å²) >= 11 is 1.38. The van der Waals surface area contributed by atoms with Crippen molar-refractivity contribution in [3.63, 3.8) is 0 Å². The van der Waals surface area contributed by atoms with Crippen LogP contribution in [-0.4, -0.2) is 40.2 Å². The van der Waals surface area contributed by atoms with Crippen LogP contribution in [0.15, 0.2) is 35.3 Å². The average Bonchev–Trinajstić information content (AvgIpc) is 3.19. The van der Waals surface area contributed by atoms with E-state index in [0.717, 1.165) is 30.2 Å². The Morgan fingerprint density at radius 3 is 3.00 bits per heavy atom. The monoisotopic (exact) mass is 427 g/mol. The number of nitrogens with zero attached hydrogens (tertiary/aromatic N) is 4. The maximum Gasteiger partial charge on any atom is 0.288 e. The van der Waals surface area contributed by atoms with Crippen molar-refractivity contribution >= 4 is 27.3 Å². The van der Waals surface area contributed by atoms with Crippen molar-refractivity contribution in [2.45, 2.75) is 33.2 Å². The minimum absolute atomic E-state index is 0.0229. The molecule has 1 amide bonds. The molecule has 3 aromatic rings. The Morgan fingerprint density at radius 2 is 2.20 bits per heavy atom. The molecule has 30 heavy (non-hydrogen) atoms. The second-order valence-electron chi connectivity index (χ2n) is 7.47. The van der Waals surface area contributed by atoms with Crippen molar-refractivity contribution in [2.24, 2.45) is 5.92 Å². The Morgan fingerprint density at radius 1 is 1.37 bits per heavy atom. The summed E-state index contributed by atoms with van der Waals surface area (Å²) in [6, 6.07) is 7.49. The van der Waals surface area contributed by atoms with Gasteiger partial charge in [-0.3, -0.25) is 9.59 Å². The van der Waals surface area contributed by atoms with Crippen LogP contribution in [0.25, 0.3) is 4.96 Å². The number of ether oxygens (including phenoxy) is 1. The zero-order valence-electron chi connectivity index (χ0n) is 17.1. The van der Waals surface area contributed by atoms with Crippen LogP contribution < -0.4 is 20.5 Å². The van der Waals surface area contributed by atoms with E-state index in [4.69, 9.17) is 4.74 Å².